The summed E-state index contributed by atoms with van der Waals surface area (Å²) in [6.45, 7) is 7.87. The lowest BCUT2D eigenvalue weighted by Gasteiger charge is -2.33. The van der Waals surface area contributed by atoms with Crippen molar-refractivity contribution in [1.29, 1.82) is 0 Å². The Bertz CT molecular complexity index is 1440. The number of ether oxygens (including phenoxy) is 1. The number of carbonyl (C=O) groups excluding carboxylic acids is 2. The van der Waals surface area contributed by atoms with Crippen LogP contribution >= 0.6 is 0 Å². The van der Waals surface area contributed by atoms with E-state index in [0.29, 0.717) is 5.69 Å². The summed E-state index contributed by atoms with van der Waals surface area (Å²) < 4.78 is 7.22. The molecule has 0 aliphatic carbocycles. The van der Waals surface area contributed by atoms with Gasteiger partial charge in [0.05, 0.1) is 7.11 Å². The predicted octanol–water partition coefficient (Wildman–Crippen LogP) is 5.86. The molecule has 4 rings (SSSR count). The highest BCUT2D eigenvalue weighted by molar-refractivity contribution is 6.02. The highest BCUT2D eigenvalue weighted by Crippen LogP contribution is 2.34. The number of benzene rings is 3. The number of carbonyl (C=O) groups is 2. The summed E-state index contributed by atoms with van der Waals surface area (Å²) in [5.74, 6) is 1.03. The van der Waals surface area contributed by atoms with Gasteiger partial charge < -0.3 is 14.6 Å². The molecule has 2 amide bonds. The van der Waals surface area contributed by atoms with Crippen LogP contribution in [-0.2, 0) is 16.1 Å². The Labute approximate surface area is 230 Å². The molecule has 1 heterocycles. The van der Waals surface area contributed by atoms with Gasteiger partial charge in [0, 0.05) is 24.1 Å². The molecule has 4 aromatic rings. The van der Waals surface area contributed by atoms with Crippen LogP contribution in [0.25, 0.3) is 11.1 Å². The smallest absolute Gasteiger partial charge is 0.248 e. The van der Waals surface area contributed by atoms with Crippen LogP contribution in [0.1, 0.15) is 43.3 Å². The third kappa shape index (κ3) is 6.37. The first-order valence-electron chi connectivity index (χ1n) is 13.2. The van der Waals surface area contributed by atoms with Crippen molar-refractivity contribution in [3.63, 3.8) is 0 Å². The molecule has 0 aliphatic rings. The molecular formula is C32H36N4O3. The van der Waals surface area contributed by atoms with Crippen LogP contribution in [0.2, 0.25) is 0 Å². The average Bonchev–Trinajstić information content (AvgIpc) is 3.35. The molecule has 3 aromatic carbocycles. The minimum Gasteiger partial charge on any atom is -0.497 e. The minimum absolute atomic E-state index is 0.0417. The number of hydrogen-bond donors (Lipinski definition) is 1. The van der Waals surface area contributed by atoms with Crippen molar-refractivity contribution in [2.75, 3.05) is 12.0 Å². The molecular weight excluding hydrogens is 488 g/mol. The lowest BCUT2D eigenvalue weighted by Crippen LogP contribution is -2.47. The van der Waals surface area contributed by atoms with Gasteiger partial charge in [0.1, 0.15) is 24.2 Å². The lowest BCUT2D eigenvalue weighted by molar-refractivity contribution is -0.127. The van der Waals surface area contributed by atoms with Crippen LogP contribution < -0.4 is 15.0 Å². The third-order valence-electron chi connectivity index (χ3n) is 7.02. The zero-order valence-electron chi connectivity index (χ0n) is 23.2. The Morgan fingerprint density at radius 1 is 1.00 bits per heavy atom. The second kappa shape index (κ2) is 12.4. The van der Waals surface area contributed by atoms with E-state index < -0.39 is 6.04 Å². The zero-order chi connectivity index (χ0) is 27.9. The average molecular weight is 525 g/mol. The van der Waals surface area contributed by atoms with E-state index in [4.69, 9.17) is 4.74 Å². The summed E-state index contributed by atoms with van der Waals surface area (Å²) in [7, 11) is 1.64. The molecule has 7 nitrogen and oxygen atoms in total. The molecule has 0 spiro atoms. The fourth-order valence-electron chi connectivity index (χ4n) is 4.58. The van der Waals surface area contributed by atoms with Gasteiger partial charge in [-0.2, -0.15) is 0 Å². The SMILES string of the molecule is CCC(C)NC(=O)C(c1ccccc1C)N(C(=O)Cn1ccnc1C)c1cccc(-c2cccc(OC)c2)c1. The van der Waals surface area contributed by atoms with Gasteiger partial charge in [-0.25, -0.2) is 4.98 Å². The number of amides is 2. The molecule has 0 saturated carbocycles. The predicted molar refractivity (Wildman–Crippen MR) is 155 cm³/mol. The molecule has 39 heavy (non-hydrogen) atoms. The van der Waals surface area contributed by atoms with Crippen molar-refractivity contribution >= 4 is 17.5 Å². The molecule has 1 N–H and O–H groups in total. The quantitative estimate of drug-likeness (QED) is 0.282. The summed E-state index contributed by atoms with van der Waals surface area (Å²) in [5, 5.41) is 3.12. The lowest BCUT2D eigenvalue weighted by atomic mass is 9.97. The highest BCUT2D eigenvalue weighted by Gasteiger charge is 2.34. The summed E-state index contributed by atoms with van der Waals surface area (Å²) in [5.41, 5.74) is 4.20. The summed E-state index contributed by atoms with van der Waals surface area (Å²) in [6.07, 6.45) is 4.23. The van der Waals surface area contributed by atoms with Gasteiger partial charge in [0.15, 0.2) is 0 Å². The van der Waals surface area contributed by atoms with Crippen LogP contribution in [0.5, 0.6) is 5.75 Å². The van der Waals surface area contributed by atoms with E-state index >= 15 is 0 Å². The van der Waals surface area contributed by atoms with Crippen molar-refractivity contribution < 1.29 is 14.3 Å². The first-order valence-corrected chi connectivity index (χ1v) is 13.2. The van der Waals surface area contributed by atoms with Gasteiger partial charge in [-0.15, -0.1) is 0 Å². The van der Waals surface area contributed by atoms with Gasteiger partial charge in [-0.05, 0) is 73.7 Å². The normalized spacial score (nSPS) is 12.4. The van der Waals surface area contributed by atoms with Gasteiger partial charge in [0.2, 0.25) is 11.8 Å². The number of hydrogen-bond acceptors (Lipinski definition) is 4. The monoisotopic (exact) mass is 524 g/mol. The van der Waals surface area contributed by atoms with Crippen molar-refractivity contribution in [1.82, 2.24) is 14.9 Å². The van der Waals surface area contributed by atoms with Gasteiger partial charge in [-0.3, -0.25) is 14.5 Å². The van der Waals surface area contributed by atoms with E-state index in [0.717, 1.165) is 40.2 Å². The van der Waals surface area contributed by atoms with Crippen molar-refractivity contribution in [2.24, 2.45) is 0 Å². The first-order chi connectivity index (χ1) is 18.8. The summed E-state index contributed by atoms with van der Waals surface area (Å²) in [4.78, 5) is 34.0. The molecule has 0 aliphatic heterocycles. The largest absolute Gasteiger partial charge is 0.497 e. The third-order valence-corrected chi connectivity index (χ3v) is 7.02. The second-order valence-corrected chi connectivity index (χ2v) is 9.73. The summed E-state index contributed by atoms with van der Waals surface area (Å²) >= 11 is 0. The van der Waals surface area contributed by atoms with Crippen molar-refractivity contribution in [3.8, 4) is 16.9 Å². The molecule has 0 fully saturated rings. The van der Waals surface area contributed by atoms with E-state index in [1.165, 1.54) is 0 Å². The van der Waals surface area contributed by atoms with Gasteiger partial charge >= 0.3 is 0 Å². The van der Waals surface area contributed by atoms with E-state index in [1.807, 2.05) is 100 Å². The number of aromatic nitrogens is 2. The standard InChI is InChI=1S/C32H36N4O3/c1-6-23(3)34-32(38)31(29-16-8-7-11-22(29)2)36(30(37)21-35-18-17-33-24(35)4)27-14-9-12-25(19-27)26-13-10-15-28(20-26)39-5/h7-20,23,31H,6,21H2,1-5H3,(H,34,38). The number of aryl methyl sites for hydroxylation is 2. The Morgan fingerprint density at radius 2 is 1.72 bits per heavy atom. The molecule has 2 unspecified atom stereocenters. The van der Waals surface area contributed by atoms with E-state index in [-0.39, 0.29) is 24.4 Å². The topological polar surface area (TPSA) is 76.5 Å². The van der Waals surface area contributed by atoms with Crippen LogP contribution in [0.15, 0.2) is 85.2 Å². The summed E-state index contributed by atoms with van der Waals surface area (Å²) in [6, 6.07) is 22.3. The van der Waals surface area contributed by atoms with Crippen LogP contribution in [0.3, 0.4) is 0 Å². The van der Waals surface area contributed by atoms with Crippen molar-refractivity contribution in [2.45, 2.75) is 52.7 Å². The number of nitrogens with zero attached hydrogens (tertiary/aromatic N) is 3. The maximum atomic E-state index is 14.2. The second-order valence-electron chi connectivity index (χ2n) is 9.73. The van der Waals surface area contributed by atoms with E-state index in [2.05, 4.69) is 10.3 Å². The molecule has 0 radical (unpaired) electrons. The number of methoxy groups -OCH3 is 1. The fourth-order valence-corrected chi connectivity index (χ4v) is 4.58. The van der Waals surface area contributed by atoms with Gasteiger partial charge in [-0.1, -0.05) is 55.5 Å². The Kier molecular flexibility index (Phi) is 8.81. The Balaban J connectivity index is 1.87. The van der Waals surface area contributed by atoms with Gasteiger partial charge in [0.25, 0.3) is 0 Å². The Morgan fingerprint density at radius 3 is 2.38 bits per heavy atom. The number of rotatable bonds is 10. The molecule has 202 valence electrons. The Hall–Kier alpha value is -4.39. The maximum absolute atomic E-state index is 14.2. The molecule has 7 heteroatoms. The van der Waals surface area contributed by atoms with Crippen LogP contribution in [0, 0.1) is 13.8 Å². The minimum atomic E-state index is -0.864. The van der Waals surface area contributed by atoms with Crippen LogP contribution in [0.4, 0.5) is 5.69 Å². The number of nitrogens with one attached hydrogen (secondary N) is 1. The van der Waals surface area contributed by atoms with E-state index in [9.17, 15) is 9.59 Å². The molecule has 0 bridgehead atoms. The van der Waals surface area contributed by atoms with E-state index in [1.54, 1.807) is 29.0 Å². The van der Waals surface area contributed by atoms with Crippen LogP contribution in [-0.4, -0.2) is 34.5 Å². The highest BCUT2D eigenvalue weighted by atomic mass is 16.5. The van der Waals surface area contributed by atoms with Crippen molar-refractivity contribution in [3.05, 3.63) is 102 Å². The number of imidazole rings is 1. The first kappa shape index (κ1) is 27.6. The molecule has 0 saturated heterocycles. The number of anilines is 1. The zero-order valence-corrected chi connectivity index (χ0v) is 23.2. The molecule has 1 aromatic heterocycles. The molecule has 2 atom stereocenters. The fraction of sp³-hybridized carbons (Fsp3) is 0.281. The maximum Gasteiger partial charge on any atom is 0.248 e.